The fraction of sp³-hybridized carbons (Fsp3) is 0.0714. The first kappa shape index (κ1) is 16.6. The summed E-state index contributed by atoms with van der Waals surface area (Å²) in [6, 6.07) is 10.0. The Morgan fingerprint density at radius 3 is 2.27 bits per heavy atom. The molecule has 0 amide bonds. The lowest BCUT2D eigenvalue weighted by molar-refractivity contribution is 0.0602. The molecule has 0 unspecified atom stereocenters. The zero-order chi connectivity index (χ0) is 16.3. The lowest BCUT2D eigenvalue weighted by Crippen LogP contribution is -2.16. The molecule has 2 aromatic carbocycles. The van der Waals surface area contributed by atoms with Crippen LogP contribution in [0.15, 0.2) is 47.4 Å². The van der Waals surface area contributed by atoms with E-state index >= 15 is 0 Å². The predicted molar refractivity (Wildman–Crippen MR) is 85.1 cm³/mol. The number of esters is 1. The molecule has 22 heavy (non-hydrogen) atoms. The normalized spacial score (nSPS) is 11.0. The first-order valence-electron chi connectivity index (χ1n) is 6.00. The van der Waals surface area contributed by atoms with Crippen molar-refractivity contribution in [2.24, 2.45) is 0 Å². The molecule has 1 N–H and O–H groups in total. The number of methoxy groups -OCH3 is 1. The highest BCUT2D eigenvalue weighted by Crippen LogP contribution is 2.25. The maximum absolute atomic E-state index is 12.4. The van der Waals surface area contributed by atoms with Crippen LogP contribution in [0.4, 0.5) is 5.69 Å². The largest absolute Gasteiger partial charge is 0.465 e. The van der Waals surface area contributed by atoms with Gasteiger partial charge in [-0.3, -0.25) is 4.72 Å². The van der Waals surface area contributed by atoms with Gasteiger partial charge in [0.05, 0.1) is 23.3 Å². The van der Waals surface area contributed by atoms with Crippen LogP contribution in [0.1, 0.15) is 10.4 Å². The van der Waals surface area contributed by atoms with E-state index < -0.39 is 16.0 Å². The lowest BCUT2D eigenvalue weighted by atomic mass is 10.2. The second-order valence-electron chi connectivity index (χ2n) is 4.25. The van der Waals surface area contributed by atoms with Crippen LogP contribution in [0.3, 0.4) is 0 Å². The third kappa shape index (κ3) is 3.71. The Morgan fingerprint density at radius 2 is 1.68 bits per heavy atom. The Hall–Kier alpha value is -1.76. The molecule has 2 rings (SSSR count). The topological polar surface area (TPSA) is 72.5 Å². The van der Waals surface area contributed by atoms with Gasteiger partial charge in [-0.15, -0.1) is 0 Å². The third-order valence-corrected chi connectivity index (χ3v) is 4.50. The van der Waals surface area contributed by atoms with Crippen molar-refractivity contribution in [3.63, 3.8) is 0 Å². The molecule has 0 aromatic heterocycles. The number of rotatable bonds is 4. The highest BCUT2D eigenvalue weighted by molar-refractivity contribution is 7.92. The number of anilines is 1. The van der Waals surface area contributed by atoms with E-state index in [0.717, 1.165) is 0 Å². The van der Waals surface area contributed by atoms with Gasteiger partial charge in [-0.05, 0) is 30.3 Å². The van der Waals surface area contributed by atoms with Crippen molar-refractivity contribution in [1.82, 2.24) is 0 Å². The van der Waals surface area contributed by atoms with Crippen LogP contribution in [-0.2, 0) is 14.8 Å². The van der Waals surface area contributed by atoms with Gasteiger partial charge in [0.2, 0.25) is 0 Å². The van der Waals surface area contributed by atoms with Crippen molar-refractivity contribution < 1.29 is 17.9 Å². The Bertz CT molecular complexity index is 801. The smallest absolute Gasteiger partial charge is 0.339 e. The first-order chi connectivity index (χ1) is 10.3. The highest BCUT2D eigenvalue weighted by Gasteiger charge is 2.19. The van der Waals surface area contributed by atoms with E-state index in [4.69, 9.17) is 23.2 Å². The highest BCUT2D eigenvalue weighted by atomic mass is 35.5. The summed E-state index contributed by atoms with van der Waals surface area (Å²) in [5.41, 5.74) is 0.201. The minimum Gasteiger partial charge on any atom is -0.465 e. The van der Waals surface area contributed by atoms with Gasteiger partial charge in [-0.25, -0.2) is 13.2 Å². The van der Waals surface area contributed by atoms with E-state index in [1.165, 1.54) is 37.4 Å². The molecular formula is C14H11Cl2NO4S. The summed E-state index contributed by atoms with van der Waals surface area (Å²) in [4.78, 5) is 11.6. The van der Waals surface area contributed by atoms with E-state index in [1.54, 1.807) is 12.1 Å². The van der Waals surface area contributed by atoms with Gasteiger partial charge in [0, 0.05) is 10.0 Å². The summed E-state index contributed by atoms with van der Waals surface area (Å²) in [6.07, 6.45) is 0. The zero-order valence-electron chi connectivity index (χ0n) is 11.3. The molecule has 0 heterocycles. The molecule has 0 atom stereocenters. The van der Waals surface area contributed by atoms with Crippen molar-refractivity contribution >= 4 is 44.9 Å². The Kier molecular flexibility index (Phi) is 4.95. The first-order valence-corrected chi connectivity index (χ1v) is 8.23. The Labute approximate surface area is 137 Å². The standard InChI is InChI=1S/C14H11Cl2NO4S/c1-21-14(18)12-4-2-3-5-13(12)17-22(19,20)11-7-9(15)6-10(16)8-11/h2-8,17H,1H3. The van der Waals surface area contributed by atoms with Crippen LogP contribution in [0.5, 0.6) is 0 Å². The number of sulfonamides is 1. The van der Waals surface area contributed by atoms with Gasteiger partial charge in [-0.2, -0.15) is 0 Å². The fourth-order valence-corrected chi connectivity index (χ4v) is 3.55. The second-order valence-corrected chi connectivity index (χ2v) is 6.80. The molecule has 116 valence electrons. The number of halogens is 2. The van der Waals surface area contributed by atoms with E-state index in [2.05, 4.69) is 9.46 Å². The number of hydrogen-bond donors (Lipinski definition) is 1. The van der Waals surface area contributed by atoms with E-state index in [1.807, 2.05) is 0 Å². The zero-order valence-corrected chi connectivity index (χ0v) is 13.7. The molecule has 0 aliphatic heterocycles. The molecule has 0 saturated heterocycles. The summed E-state index contributed by atoms with van der Waals surface area (Å²) >= 11 is 11.6. The number of nitrogens with one attached hydrogen (secondary N) is 1. The average molecular weight is 360 g/mol. The number of para-hydroxylation sites is 1. The Morgan fingerprint density at radius 1 is 1.09 bits per heavy atom. The van der Waals surface area contributed by atoms with Crippen LogP contribution in [0.2, 0.25) is 10.0 Å². The maximum atomic E-state index is 12.4. The van der Waals surface area contributed by atoms with Crippen molar-refractivity contribution in [3.8, 4) is 0 Å². The molecule has 8 heteroatoms. The number of hydrogen-bond acceptors (Lipinski definition) is 4. The second kappa shape index (κ2) is 6.56. The van der Waals surface area contributed by atoms with Crippen molar-refractivity contribution in [2.75, 3.05) is 11.8 Å². The molecule has 0 aliphatic rings. The van der Waals surface area contributed by atoms with Gasteiger partial charge < -0.3 is 4.74 Å². The summed E-state index contributed by atoms with van der Waals surface area (Å²) < 4.78 is 31.7. The number of ether oxygens (including phenoxy) is 1. The minimum atomic E-state index is -3.95. The molecule has 0 saturated carbocycles. The van der Waals surface area contributed by atoms with Gasteiger partial charge in [-0.1, -0.05) is 35.3 Å². The molecule has 0 radical (unpaired) electrons. The molecule has 0 spiro atoms. The van der Waals surface area contributed by atoms with E-state index in [9.17, 15) is 13.2 Å². The van der Waals surface area contributed by atoms with Gasteiger partial charge in [0.25, 0.3) is 10.0 Å². The van der Waals surface area contributed by atoms with Gasteiger partial charge >= 0.3 is 5.97 Å². The van der Waals surface area contributed by atoms with E-state index in [0.29, 0.717) is 0 Å². The van der Waals surface area contributed by atoms with Crippen molar-refractivity contribution in [1.29, 1.82) is 0 Å². The average Bonchev–Trinajstić information content (AvgIpc) is 2.45. The Balaban J connectivity index is 2.43. The number of carbonyl (C=O) groups excluding carboxylic acids is 1. The summed E-state index contributed by atoms with van der Waals surface area (Å²) in [5.74, 6) is -0.651. The molecule has 0 bridgehead atoms. The fourth-order valence-electron chi connectivity index (χ4n) is 1.75. The maximum Gasteiger partial charge on any atom is 0.339 e. The van der Waals surface area contributed by atoms with Gasteiger partial charge in [0.1, 0.15) is 0 Å². The minimum absolute atomic E-state index is 0.0988. The summed E-state index contributed by atoms with van der Waals surface area (Å²) in [7, 11) is -2.74. The quantitative estimate of drug-likeness (QED) is 0.846. The van der Waals surface area contributed by atoms with Crippen LogP contribution in [0.25, 0.3) is 0 Å². The SMILES string of the molecule is COC(=O)c1ccccc1NS(=O)(=O)c1cc(Cl)cc(Cl)c1. The molecule has 0 fully saturated rings. The van der Waals surface area contributed by atoms with Crippen LogP contribution in [-0.4, -0.2) is 21.5 Å². The summed E-state index contributed by atoms with van der Waals surface area (Å²) in [6.45, 7) is 0. The van der Waals surface area contributed by atoms with Crippen LogP contribution >= 0.6 is 23.2 Å². The number of carbonyl (C=O) groups is 1. The third-order valence-electron chi connectivity index (χ3n) is 2.72. The van der Waals surface area contributed by atoms with E-state index in [-0.39, 0.29) is 26.2 Å². The monoisotopic (exact) mass is 359 g/mol. The molecule has 2 aromatic rings. The van der Waals surface area contributed by atoms with Gasteiger partial charge in [0.15, 0.2) is 0 Å². The predicted octanol–water partition coefficient (Wildman–Crippen LogP) is 3.58. The molecular weight excluding hydrogens is 349 g/mol. The summed E-state index contributed by atoms with van der Waals surface area (Å²) in [5, 5.41) is 0.378. The van der Waals surface area contributed by atoms with Crippen LogP contribution in [0, 0.1) is 0 Å². The van der Waals surface area contributed by atoms with Crippen molar-refractivity contribution in [3.05, 3.63) is 58.1 Å². The van der Waals surface area contributed by atoms with Crippen molar-refractivity contribution in [2.45, 2.75) is 4.90 Å². The van der Waals surface area contributed by atoms with Crippen LogP contribution < -0.4 is 4.72 Å². The molecule has 5 nitrogen and oxygen atoms in total. The number of benzene rings is 2. The molecule has 0 aliphatic carbocycles. The lowest BCUT2D eigenvalue weighted by Gasteiger charge is -2.12.